The van der Waals surface area contributed by atoms with Crippen LogP contribution in [0.4, 0.5) is 0 Å². The lowest BCUT2D eigenvalue weighted by Gasteiger charge is -2.22. The zero-order valence-electron chi connectivity index (χ0n) is 6.03. The van der Waals surface area contributed by atoms with Crippen molar-refractivity contribution >= 4 is 11.3 Å². The summed E-state index contributed by atoms with van der Waals surface area (Å²) in [5.74, 6) is 0. The highest BCUT2D eigenvalue weighted by molar-refractivity contribution is 7.10. The molecule has 0 radical (unpaired) electrons. The quantitative estimate of drug-likeness (QED) is 0.612. The molecule has 0 bridgehead atoms. The number of fused-ring (bicyclic) bond motifs is 1. The highest BCUT2D eigenvalue weighted by atomic mass is 32.1. The van der Waals surface area contributed by atoms with Gasteiger partial charge in [0.1, 0.15) is 6.10 Å². The van der Waals surface area contributed by atoms with Gasteiger partial charge in [-0.05, 0) is 29.9 Å². The Kier molecular flexibility index (Phi) is 1.71. The zero-order valence-corrected chi connectivity index (χ0v) is 6.84. The van der Waals surface area contributed by atoms with E-state index in [1.807, 2.05) is 11.4 Å². The molecule has 0 amide bonds. The molecule has 1 aromatic rings. The molecule has 60 valence electrons. The normalized spacial score (nSPS) is 30.0. The molecule has 2 nitrogen and oxygen atoms in total. The Bertz CT molecular complexity index is 256. The van der Waals surface area contributed by atoms with Crippen LogP contribution < -0.4 is 0 Å². The minimum absolute atomic E-state index is 0.554. The summed E-state index contributed by atoms with van der Waals surface area (Å²) < 4.78 is 0. The van der Waals surface area contributed by atoms with Crippen LogP contribution in [0.3, 0.4) is 0 Å². The van der Waals surface area contributed by atoms with Gasteiger partial charge in [0.25, 0.3) is 0 Å². The average molecular weight is 170 g/mol. The molecule has 0 saturated heterocycles. The van der Waals surface area contributed by atoms with Gasteiger partial charge in [-0.15, -0.1) is 11.3 Å². The van der Waals surface area contributed by atoms with Crippen molar-refractivity contribution in [2.24, 2.45) is 0 Å². The summed E-state index contributed by atoms with van der Waals surface area (Å²) >= 11 is 1.53. The van der Waals surface area contributed by atoms with Gasteiger partial charge in [0, 0.05) is 4.88 Å². The van der Waals surface area contributed by atoms with Crippen molar-refractivity contribution in [1.82, 2.24) is 0 Å². The second kappa shape index (κ2) is 2.59. The van der Waals surface area contributed by atoms with Gasteiger partial charge in [0.05, 0.1) is 6.10 Å². The van der Waals surface area contributed by atoms with Crippen molar-refractivity contribution in [2.45, 2.75) is 25.0 Å². The Labute approximate surface area is 69.1 Å². The molecule has 1 aromatic heterocycles. The smallest absolute Gasteiger partial charge is 0.114 e. The van der Waals surface area contributed by atoms with E-state index in [4.69, 9.17) is 0 Å². The number of aryl methyl sites for hydroxylation is 1. The molecule has 2 atom stereocenters. The summed E-state index contributed by atoms with van der Waals surface area (Å²) in [7, 11) is 0. The fourth-order valence-corrected chi connectivity index (χ4v) is 2.45. The van der Waals surface area contributed by atoms with Crippen LogP contribution in [0, 0.1) is 0 Å². The Morgan fingerprint density at radius 2 is 2.27 bits per heavy atom. The van der Waals surface area contributed by atoms with Crippen LogP contribution in [-0.2, 0) is 6.42 Å². The minimum atomic E-state index is -0.640. The third kappa shape index (κ3) is 1.09. The Balaban J connectivity index is 2.38. The molecule has 1 unspecified atom stereocenters. The Hall–Kier alpha value is -0.380. The van der Waals surface area contributed by atoms with Crippen LogP contribution in [0.1, 0.15) is 23.0 Å². The SMILES string of the molecule is OC1CCc2ccsc2[C@H]1O. The molecule has 0 aromatic carbocycles. The number of hydrogen-bond donors (Lipinski definition) is 2. The number of aliphatic hydroxyl groups is 2. The van der Waals surface area contributed by atoms with Gasteiger partial charge in [-0.1, -0.05) is 0 Å². The summed E-state index contributed by atoms with van der Waals surface area (Å²) in [6.07, 6.45) is 0.391. The van der Waals surface area contributed by atoms with Gasteiger partial charge >= 0.3 is 0 Å². The van der Waals surface area contributed by atoms with Crippen LogP contribution in [0.5, 0.6) is 0 Å². The average Bonchev–Trinajstić information content (AvgIpc) is 2.45. The van der Waals surface area contributed by atoms with E-state index in [1.165, 1.54) is 16.9 Å². The first-order valence-corrected chi connectivity index (χ1v) is 4.59. The third-order valence-corrected chi connectivity index (χ3v) is 3.15. The molecular formula is C8H10O2S. The molecular weight excluding hydrogens is 160 g/mol. The lowest BCUT2D eigenvalue weighted by Crippen LogP contribution is -2.23. The second-order valence-electron chi connectivity index (χ2n) is 2.86. The van der Waals surface area contributed by atoms with E-state index >= 15 is 0 Å². The molecule has 0 fully saturated rings. The highest BCUT2D eigenvalue weighted by Gasteiger charge is 2.26. The predicted octanol–water partition coefficient (Wildman–Crippen LogP) is 1.09. The highest BCUT2D eigenvalue weighted by Crippen LogP contribution is 2.33. The first kappa shape index (κ1) is 7.28. The number of rotatable bonds is 0. The summed E-state index contributed by atoms with van der Waals surface area (Å²) in [4.78, 5) is 0.948. The summed E-state index contributed by atoms with van der Waals surface area (Å²) in [6, 6.07) is 2.02. The summed E-state index contributed by atoms with van der Waals surface area (Å²) in [6.45, 7) is 0. The van der Waals surface area contributed by atoms with E-state index in [0.717, 1.165) is 11.3 Å². The second-order valence-corrected chi connectivity index (χ2v) is 3.81. The molecule has 1 aliphatic carbocycles. The van der Waals surface area contributed by atoms with Crippen molar-refractivity contribution in [3.8, 4) is 0 Å². The number of aliphatic hydroxyl groups excluding tert-OH is 2. The minimum Gasteiger partial charge on any atom is -0.390 e. The topological polar surface area (TPSA) is 40.5 Å². The molecule has 2 N–H and O–H groups in total. The van der Waals surface area contributed by atoms with Crippen LogP contribution >= 0.6 is 11.3 Å². The standard InChI is InChI=1S/C8H10O2S/c9-6-2-1-5-3-4-11-8(5)7(6)10/h3-4,6-7,9-10H,1-2H2/t6?,7-/m0/s1. The van der Waals surface area contributed by atoms with E-state index in [2.05, 4.69) is 0 Å². The predicted molar refractivity (Wildman–Crippen MR) is 43.6 cm³/mol. The van der Waals surface area contributed by atoms with E-state index in [1.54, 1.807) is 0 Å². The molecule has 0 aliphatic heterocycles. The van der Waals surface area contributed by atoms with Crippen molar-refractivity contribution < 1.29 is 10.2 Å². The van der Waals surface area contributed by atoms with E-state index < -0.39 is 12.2 Å². The van der Waals surface area contributed by atoms with Crippen LogP contribution in [-0.4, -0.2) is 16.3 Å². The van der Waals surface area contributed by atoms with Gasteiger partial charge in [0.15, 0.2) is 0 Å². The van der Waals surface area contributed by atoms with Crippen molar-refractivity contribution in [3.05, 3.63) is 21.9 Å². The van der Waals surface area contributed by atoms with Crippen molar-refractivity contribution in [3.63, 3.8) is 0 Å². The number of hydrogen-bond acceptors (Lipinski definition) is 3. The third-order valence-electron chi connectivity index (χ3n) is 2.12. The summed E-state index contributed by atoms with van der Waals surface area (Å²) in [5.41, 5.74) is 1.20. The molecule has 0 saturated carbocycles. The zero-order chi connectivity index (χ0) is 7.84. The largest absolute Gasteiger partial charge is 0.390 e. The van der Waals surface area contributed by atoms with Crippen molar-refractivity contribution in [1.29, 1.82) is 0 Å². The van der Waals surface area contributed by atoms with E-state index in [0.29, 0.717) is 6.42 Å². The fourth-order valence-electron chi connectivity index (χ4n) is 1.45. The molecule has 1 heterocycles. The number of thiophene rings is 1. The van der Waals surface area contributed by atoms with Crippen LogP contribution in [0.2, 0.25) is 0 Å². The molecule has 2 rings (SSSR count). The van der Waals surface area contributed by atoms with Crippen LogP contribution in [0.15, 0.2) is 11.4 Å². The molecule has 3 heteroatoms. The van der Waals surface area contributed by atoms with E-state index in [-0.39, 0.29) is 0 Å². The van der Waals surface area contributed by atoms with Gasteiger partial charge in [-0.3, -0.25) is 0 Å². The maximum Gasteiger partial charge on any atom is 0.114 e. The Morgan fingerprint density at radius 1 is 1.45 bits per heavy atom. The summed E-state index contributed by atoms with van der Waals surface area (Å²) in [5, 5.41) is 20.7. The van der Waals surface area contributed by atoms with Crippen LogP contribution in [0.25, 0.3) is 0 Å². The fraction of sp³-hybridized carbons (Fsp3) is 0.500. The molecule has 1 aliphatic rings. The monoisotopic (exact) mass is 170 g/mol. The van der Waals surface area contributed by atoms with Gasteiger partial charge < -0.3 is 10.2 Å². The first-order valence-electron chi connectivity index (χ1n) is 3.71. The molecule has 11 heavy (non-hydrogen) atoms. The van der Waals surface area contributed by atoms with E-state index in [9.17, 15) is 10.2 Å². The first-order chi connectivity index (χ1) is 5.29. The van der Waals surface area contributed by atoms with Gasteiger partial charge in [-0.2, -0.15) is 0 Å². The lowest BCUT2D eigenvalue weighted by atomic mass is 9.95. The van der Waals surface area contributed by atoms with Gasteiger partial charge in [-0.25, -0.2) is 0 Å². The van der Waals surface area contributed by atoms with Crippen molar-refractivity contribution in [2.75, 3.05) is 0 Å². The molecule has 0 spiro atoms. The lowest BCUT2D eigenvalue weighted by molar-refractivity contribution is 0.00899. The van der Waals surface area contributed by atoms with Gasteiger partial charge in [0.2, 0.25) is 0 Å². The maximum atomic E-state index is 9.48. The Morgan fingerprint density at radius 3 is 3.09 bits per heavy atom. The maximum absolute atomic E-state index is 9.48.